The monoisotopic (exact) mass is 281 g/mol. The van der Waals surface area contributed by atoms with Crippen LogP contribution in [-0.4, -0.2) is 6.10 Å². The summed E-state index contributed by atoms with van der Waals surface area (Å²) >= 11 is 0. The van der Waals surface area contributed by atoms with Gasteiger partial charge >= 0.3 is 0 Å². The highest BCUT2D eigenvalue weighted by atomic mass is 16.5. The first kappa shape index (κ1) is 14.0. The van der Waals surface area contributed by atoms with Gasteiger partial charge in [0.25, 0.3) is 0 Å². The fourth-order valence-electron chi connectivity index (χ4n) is 3.08. The number of nitrogens with one attached hydrogen (secondary N) is 1. The van der Waals surface area contributed by atoms with Gasteiger partial charge in [0.2, 0.25) is 0 Å². The lowest BCUT2D eigenvalue weighted by molar-refractivity contribution is 0.242. The van der Waals surface area contributed by atoms with Crippen molar-refractivity contribution in [1.82, 2.24) is 0 Å². The van der Waals surface area contributed by atoms with Crippen LogP contribution in [0.4, 0.5) is 5.69 Å². The Morgan fingerprint density at radius 3 is 2.71 bits per heavy atom. The van der Waals surface area contributed by atoms with Crippen LogP contribution in [0.2, 0.25) is 0 Å². The quantitative estimate of drug-likeness (QED) is 0.871. The number of fused-ring (bicyclic) bond motifs is 1. The fraction of sp³-hybridized carbons (Fsp3) is 0.368. The van der Waals surface area contributed by atoms with Crippen molar-refractivity contribution in [1.29, 1.82) is 0 Å². The Morgan fingerprint density at radius 1 is 1.10 bits per heavy atom. The van der Waals surface area contributed by atoms with Crippen LogP contribution in [0.25, 0.3) is 0 Å². The third-order valence-electron chi connectivity index (χ3n) is 4.03. The highest BCUT2D eigenvalue weighted by Gasteiger charge is 2.25. The van der Waals surface area contributed by atoms with Gasteiger partial charge in [0, 0.05) is 5.69 Å². The second-order valence-corrected chi connectivity index (χ2v) is 6.20. The minimum Gasteiger partial charge on any atom is -0.491 e. The Morgan fingerprint density at radius 2 is 1.90 bits per heavy atom. The van der Waals surface area contributed by atoms with Gasteiger partial charge in [-0.2, -0.15) is 0 Å². The highest BCUT2D eigenvalue weighted by molar-refractivity contribution is 5.55. The van der Waals surface area contributed by atoms with Gasteiger partial charge < -0.3 is 10.1 Å². The second kappa shape index (κ2) is 5.80. The largest absolute Gasteiger partial charge is 0.491 e. The lowest BCUT2D eigenvalue weighted by atomic mass is 9.85. The van der Waals surface area contributed by atoms with Gasteiger partial charge in [0.1, 0.15) is 5.75 Å². The van der Waals surface area contributed by atoms with Gasteiger partial charge in [0.05, 0.1) is 12.1 Å². The number of para-hydroxylation sites is 1. The average molecular weight is 281 g/mol. The van der Waals surface area contributed by atoms with Crippen LogP contribution in [0.1, 0.15) is 37.9 Å². The maximum atomic E-state index is 5.82. The van der Waals surface area contributed by atoms with Crippen LogP contribution in [0.5, 0.6) is 5.75 Å². The van der Waals surface area contributed by atoms with Gasteiger partial charge in [-0.3, -0.25) is 0 Å². The van der Waals surface area contributed by atoms with Crippen LogP contribution in [-0.2, 0) is 6.42 Å². The molecule has 1 heterocycles. The van der Waals surface area contributed by atoms with Crippen molar-refractivity contribution < 1.29 is 4.74 Å². The van der Waals surface area contributed by atoms with E-state index in [-0.39, 0.29) is 6.10 Å². The van der Waals surface area contributed by atoms with Crippen LogP contribution < -0.4 is 10.1 Å². The Hall–Kier alpha value is -1.96. The van der Waals surface area contributed by atoms with Crippen molar-refractivity contribution in [3.05, 3.63) is 59.7 Å². The number of hydrogen-bond donors (Lipinski definition) is 1. The van der Waals surface area contributed by atoms with Crippen molar-refractivity contribution in [2.45, 2.75) is 39.3 Å². The van der Waals surface area contributed by atoms with E-state index in [0.717, 1.165) is 12.2 Å². The van der Waals surface area contributed by atoms with E-state index in [1.54, 1.807) is 0 Å². The molecule has 2 nitrogen and oxygen atoms in total. The van der Waals surface area contributed by atoms with Gasteiger partial charge in [-0.25, -0.2) is 0 Å². The predicted molar refractivity (Wildman–Crippen MR) is 87.9 cm³/mol. The molecule has 0 aliphatic carbocycles. The highest BCUT2D eigenvalue weighted by Crippen LogP contribution is 2.37. The number of ether oxygens (including phenoxy) is 1. The molecular weight excluding hydrogens is 258 g/mol. The first-order valence-corrected chi connectivity index (χ1v) is 7.74. The predicted octanol–water partition coefficient (Wildman–Crippen LogP) is 4.82. The zero-order valence-electron chi connectivity index (χ0n) is 13.0. The molecule has 0 saturated carbocycles. The van der Waals surface area contributed by atoms with Crippen LogP contribution in [0, 0.1) is 5.92 Å². The maximum absolute atomic E-state index is 5.82. The molecule has 2 heteroatoms. The van der Waals surface area contributed by atoms with Crippen molar-refractivity contribution in [3.63, 3.8) is 0 Å². The average Bonchev–Trinajstić information content (AvgIpc) is 2.46. The summed E-state index contributed by atoms with van der Waals surface area (Å²) < 4.78 is 5.82. The van der Waals surface area contributed by atoms with E-state index in [4.69, 9.17) is 4.74 Å². The van der Waals surface area contributed by atoms with E-state index in [0.29, 0.717) is 12.0 Å². The molecule has 1 N–H and O–H groups in total. The summed E-state index contributed by atoms with van der Waals surface area (Å²) in [5.41, 5.74) is 3.97. The zero-order chi connectivity index (χ0) is 14.8. The first-order chi connectivity index (χ1) is 10.1. The van der Waals surface area contributed by atoms with E-state index in [9.17, 15) is 0 Å². The van der Waals surface area contributed by atoms with Gasteiger partial charge in [-0.15, -0.1) is 0 Å². The molecule has 2 aromatic carbocycles. The summed E-state index contributed by atoms with van der Waals surface area (Å²) in [6.07, 6.45) is 1.32. The molecule has 1 aliphatic heterocycles. The zero-order valence-corrected chi connectivity index (χ0v) is 13.0. The van der Waals surface area contributed by atoms with Crippen molar-refractivity contribution in [2.24, 2.45) is 5.92 Å². The minimum atomic E-state index is 0.206. The summed E-state index contributed by atoms with van der Waals surface area (Å²) in [5, 5.41) is 3.69. The molecule has 0 saturated heterocycles. The first-order valence-electron chi connectivity index (χ1n) is 7.74. The molecule has 0 radical (unpaired) electrons. The van der Waals surface area contributed by atoms with E-state index in [1.807, 2.05) is 6.07 Å². The fourth-order valence-corrected chi connectivity index (χ4v) is 3.08. The molecular formula is C19H23NO. The van der Waals surface area contributed by atoms with Crippen molar-refractivity contribution >= 4 is 5.69 Å². The molecule has 3 rings (SSSR count). The van der Waals surface area contributed by atoms with Crippen LogP contribution in [0.3, 0.4) is 0 Å². The third-order valence-corrected chi connectivity index (χ3v) is 4.03. The number of rotatable bonds is 3. The Labute approximate surface area is 127 Å². The van der Waals surface area contributed by atoms with Gasteiger partial charge in [-0.1, -0.05) is 37.3 Å². The molecule has 0 fully saturated rings. The number of hydrogen-bond acceptors (Lipinski definition) is 2. The van der Waals surface area contributed by atoms with E-state index >= 15 is 0 Å². The minimum absolute atomic E-state index is 0.206. The van der Waals surface area contributed by atoms with Crippen LogP contribution in [0.15, 0.2) is 48.5 Å². The van der Waals surface area contributed by atoms with Crippen molar-refractivity contribution in [3.8, 4) is 5.75 Å². The standard InChI is InChI=1S/C19H23NO/c1-13(2)21-17-9-6-8-16(12-17)19-14(3)11-15-7-4-5-10-18(15)20-19/h4-10,12-14,19-20H,11H2,1-3H3. The lowest BCUT2D eigenvalue weighted by Gasteiger charge is -2.33. The second-order valence-electron chi connectivity index (χ2n) is 6.20. The smallest absolute Gasteiger partial charge is 0.120 e. The molecule has 0 bridgehead atoms. The Kier molecular flexibility index (Phi) is 3.87. The molecule has 1 aliphatic rings. The summed E-state index contributed by atoms with van der Waals surface area (Å²) in [4.78, 5) is 0. The summed E-state index contributed by atoms with van der Waals surface area (Å²) in [6.45, 7) is 6.43. The van der Waals surface area contributed by atoms with Gasteiger partial charge in [-0.05, 0) is 55.5 Å². The molecule has 0 amide bonds. The van der Waals surface area contributed by atoms with Crippen LogP contribution >= 0.6 is 0 Å². The Balaban J connectivity index is 1.87. The van der Waals surface area contributed by atoms with E-state index in [2.05, 4.69) is 68.6 Å². The summed E-state index contributed by atoms with van der Waals surface area (Å²) in [5.74, 6) is 1.52. The molecule has 110 valence electrons. The lowest BCUT2D eigenvalue weighted by Crippen LogP contribution is -2.26. The Bertz CT molecular complexity index is 620. The number of benzene rings is 2. The summed E-state index contributed by atoms with van der Waals surface area (Å²) in [7, 11) is 0. The van der Waals surface area contributed by atoms with Gasteiger partial charge in [0.15, 0.2) is 0 Å². The third kappa shape index (κ3) is 3.05. The molecule has 21 heavy (non-hydrogen) atoms. The van der Waals surface area contributed by atoms with Crippen molar-refractivity contribution in [2.75, 3.05) is 5.32 Å². The SMILES string of the molecule is CC(C)Oc1cccc(C2Nc3ccccc3CC2C)c1. The molecule has 2 atom stereocenters. The summed E-state index contributed by atoms with van der Waals surface area (Å²) in [6, 6.07) is 17.4. The molecule has 0 spiro atoms. The number of anilines is 1. The molecule has 2 aromatic rings. The maximum Gasteiger partial charge on any atom is 0.120 e. The van der Waals surface area contributed by atoms with E-state index < -0.39 is 0 Å². The topological polar surface area (TPSA) is 21.3 Å². The molecule has 0 aromatic heterocycles. The molecule has 2 unspecified atom stereocenters. The normalized spacial score (nSPS) is 20.8. The van der Waals surface area contributed by atoms with E-state index in [1.165, 1.54) is 16.8 Å².